The van der Waals surface area contributed by atoms with Gasteiger partial charge in [-0.15, -0.1) is 0 Å². The summed E-state index contributed by atoms with van der Waals surface area (Å²) >= 11 is 0. The summed E-state index contributed by atoms with van der Waals surface area (Å²) in [6.07, 6.45) is 8.34. The Morgan fingerprint density at radius 3 is 2.55 bits per heavy atom. The van der Waals surface area contributed by atoms with Crippen LogP contribution < -0.4 is 0 Å². The van der Waals surface area contributed by atoms with Crippen LogP contribution in [0.1, 0.15) is 19.3 Å². The van der Waals surface area contributed by atoms with Crippen LogP contribution in [0.25, 0.3) is 0 Å². The van der Waals surface area contributed by atoms with Crippen molar-refractivity contribution in [2.75, 3.05) is 19.6 Å². The highest BCUT2D eigenvalue weighted by Gasteiger charge is 2.06. The largest absolute Gasteiger partial charge is 0.300 e. The van der Waals surface area contributed by atoms with Gasteiger partial charge in [0.25, 0.3) is 0 Å². The second-order valence-electron chi connectivity index (χ2n) is 2.93. The molecule has 0 spiro atoms. The molecule has 62 valence electrons. The summed E-state index contributed by atoms with van der Waals surface area (Å²) in [7, 11) is 0. The molecule has 1 aliphatic rings. The van der Waals surface area contributed by atoms with Crippen molar-refractivity contribution in [3.05, 3.63) is 12.2 Å². The van der Waals surface area contributed by atoms with E-state index in [9.17, 15) is 4.79 Å². The van der Waals surface area contributed by atoms with E-state index in [-0.39, 0.29) is 0 Å². The third-order valence-electron chi connectivity index (χ3n) is 2.03. The molecular weight excluding hydrogens is 138 g/mol. The van der Waals surface area contributed by atoms with Crippen LogP contribution in [0.4, 0.5) is 0 Å². The molecule has 0 aromatic heterocycles. The third kappa shape index (κ3) is 3.33. The lowest BCUT2D eigenvalue weighted by Gasteiger charge is -2.24. The summed E-state index contributed by atoms with van der Waals surface area (Å²) in [6.45, 7) is 3.34. The summed E-state index contributed by atoms with van der Waals surface area (Å²) in [5.41, 5.74) is 0. The van der Waals surface area contributed by atoms with E-state index in [4.69, 9.17) is 0 Å². The molecule has 0 saturated carbocycles. The highest BCUT2D eigenvalue weighted by atomic mass is 16.1. The van der Waals surface area contributed by atoms with Gasteiger partial charge in [0.2, 0.25) is 0 Å². The molecule has 0 radical (unpaired) electrons. The molecule has 0 atom stereocenters. The molecule has 2 nitrogen and oxygen atoms in total. The molecule has 1 fully saturated rings. The van der Waals surface area contributed by atoms with Crippen molar-refractivity contribution >= 4 is 6.29 Å². The first-order valence-electron chi connectivity index (χ1n) is 4.26. The molecule has 0 N–H and O–H groups in total. The molecule has 1 aliphatic heterocycles. The van der Waals surface area contributed by atoms with Crippen LogP contribution in [0.2, 0.25) is 0 Å². The SMILES string of the molecule is O=C/C=C\CN1CCCCC1. The Morgan fingerprint density at radius 2 is 1.91 bits per heavy atom. The molecule has 1 heterocycles. The second-order valence-corrected chi connectivity index (χ2v) is 2.93. The van der Waals surface area contributed by atoms with Crippen LogP contribution in [0.5, 0.6) is 0 Å². The number of nitrogens with zero attached hydrogens (tertiary/aromatic N) is 1. The van der Waals surface area contributed by atoms with Gasteiger partial charge in [-0.3, -0.25) is 9.69 Å². The Kier molecular flexibility index (Phi) is 3.91. The van der Waals surface area contributed by atoms with E-state index in [1.165, 1.54) is 32.4 Å². The predicted octanol–water partition coefficient (Wildman–Crippen LogP) is 1.23. The van der Waals surface area contributed by atoms with Crippen LogP contribution in [0, 0.1) is 0 Å². The van der Waals surface area contributed by atoms with E-state index in [1.54, 1.807) is 6.08 Å². The summed E-state index contributed by atoms with van der Waals surface area (Å²) in [5, 5.41) is 0. The average molecular weight is 153 g/mol. The minimum absolute atomic E-state index is 0.837. The minimum atomic E-state index is 0.837. The van der Waals surface area contributed by atoms with E-state index in [2.05, 4.69) is 4.90 Å². The monoisotopic (exact) mass is 153 g/mol. The number of allylic oxidation sites excluding steroid dienone is 1. The second kappa shape index (κ2) is 5.08. The van der Waals surface area contributed by atoms with Gasteiger partial charge in [0, 0.05) is 6.54 Å². The van der Waals surface area contributed by atoms with Gasteiger partial charge in [0.05, 0.1) is 0 Å². The first-order chi connectivity index (χ1) is 5.43. The molecule has 0 aliphatic carbocycles. The van der Waals surface area contributed by atoms with Gasteiger partial charge in [0.1, 0.15) is 6.29 Å². The van der Waals surface area contributed by atoms with E-state index in [0.717, 1.165) is 12.8 Å². The molecule has 0 amide bonds. The van der Waals surface area contributed by atoms with Gasteiger partial charge in [-0.25, -0.2) is 0 Å². The van der Waals surface area contributed by atoms with Gasteiger partial charge in [0.15, 0.2) is 0 Å². The molecule has 0 unspecified atom stereocenters. The summed E-state index contributed by atoms with van der Waals surface area (Å²) in [5.74, 6) is 0. The predicted molar refractivity (Wildman–Crippen MR) is 45.5 cm³/mol. The molecule has 1 saturated heterocycles. The molecular formula is C9H15NO. The smallest absolute Gasteiger partial charge is 0.142 e. The lowest BCUT2D eigenvalue weighted by atomic mass is 10.1. The van der Waals surface area contributed by atoms with E-state index in [0.29, 0.717) is 0 Å². The Morgan fingerprint density at radius 1 is 1.18 bits per heavy atom. The summed E-state index contributed by atoms with van der Waals surface area (Å²) in [6, 6.07) is 0. The van der Waals surface area contributed by atoms with Crippen molar-refractivity contribution in [1.82, 2.24) is 4.90 Å². The Labute approximate surface area is 67.9 Å². The van der Waals surface area contributed by atoms with Crippen molar-refractivity contribution in [2.45, 2.75) is 19.3 Å². The molecule has 1 rings (SSSR count). The average Bonchev–Trinajstić information content (AvgIpc) is 2.07. The van der Waals surface area contributed by atoms with Gasteiger partial charge >= 0.3 is 0 Å². The zero-order chi connectivity index (χ0) is 7.94. The molecule has 0 aromatic rings. The lowest BCUT2D eigenvalue weighted by Crippen LogP contribution is -2.29. The molecule has 11 heavy (non-hydrogen) atoms. The number of rotatable bonds is 3. The fourth-order valence-electron chi connectivity index (χ4n) is 1.41. The van der Waals surface area contributed by atoms with Crippen LogP contribution in [0.15, 0.2) is 12.2 Å². The van der Waals surface area contributed by atoms with E-state index in [1.807, 2.05) is 6.08 Å². The van der Waals surface area contributed by atoms with Gasteiger partial charge < -0.3 is 0 Å². The van der Waals surface area contributed by atoms with Crippen molar-refractivity contribution in [1.29, 1.82) is 0 Å². The van der Waals surface area contributed by atoms with Gasteiger partial charge in [-0.05, 0) is 32.0 Å². The van der Waals surface area contributed by atoms with Crippen molar-refractivity contribution in [2.24, 2.45) is 0 Å². The van der Waals surface area contributed by atoms with Crippen LogP contribution in [-0.4, -0.2) is 30.8 Å². The zero-order valence-electron chi connectivity index (χ0n) is 6.83. The minimum Gasteiger partial charge on any atom is -0.300 e. The van der Waals surface area contributed by atoms with Gasteiger partial charge in [-0.1, -0.05) is 12.5 Å². The molecule has 0 bridgehead atoms. The molecule has 0 aromatic carbocycles. The number of carbonyl (C=O) groups excluding carboxylic acids is 1. The maximum atomic E-state index is 9.94. The van der Waals surface area contributed by atoms with Crippen LogP contribution >= 0.6 is 0 Å². The van der Waals surface area contributed by atoms with Gasteiger partial charge in [-0.2, -0.15) is 0 Å². The summed E-state index contributed by atoms with van der Waals surface area (Å²) in [4.78, 5) is 12.3. The Balaban J connectivity index is 2.14. The normalized spacial score (nSPS) is 20.7. The standard InChI is InChI=1S/C9H15NO/c11-9-5-4-8-10-6-2-1-3-7-10/h4-5,9H,1-3,6-8H2/b5-4-. The first-order valence-corrected chi connectivity index (χ1v) is 4.26. The Bertz CT molecular complexity index is 136. The number of piperidine rings is 1. The van der Waals surface area contributed by atoms with Crippen LogP contribution in [-0.2, 0) is 4.79 Å². The quantitative estimate of drug-likeness (QED) is 0.449. The zero-order valence-corrected chi connectivity index (χ0v) is 6.83. The first kappa shape index (κ1) is 8.47. The van der Waals surface area contributed by atoms with Crippen LogP contribution in [0.3, 0.4) is 0 Å². The maximum Gasteiger partial charge on any atom is 0.142 e. The highest BCUT2D eigenvalue weighted by molar-refractivity contribution is 5.64. The molecule has 2 heteroatoms. The van der Waals surface area contributed by atoms with E-state index >= 15 is 0 Å². The number of carbonyl (C=O) groups is 1. The summed E-state index contributed by atoms with van der Waals surface area (Å²) < 4.78 is 0. The number of hydrogen-bond acceptors (Lipinski definition) is 2. The fraction of sp³-hybridized carbons (Fsp3) is 0.667. The number of likely N-dealkylation sites (tertiary alicyclic amines) is 1. The van der Waals surface area contributed by atoms with E-state index < -0.39 is 0 Å². The third-order valence-corrected chi connectivity index (χ3v) is 2.03. The Hall–Kier alpha value is -0.630. The maximum absolute atomic E-state index is 9.94. The number of aldehydes is 1. The van der Waals surface area contributed by atoms with Crippen molar-refractivity contribution < 1.29 is 4.79 Å². The highest BCUT2D eigenvalue weighted by Crippen LogP contribution is 2.07. The van der Waals surface area contributed by atoms with Crippen molar-refractivity contribution in [3.63, 3.8) is 0 Å². The number of hydrogen-bond donors (Lipinski definition) is 0. The topological polar surface area (TPSA) is 20.3 Å². The van der Waals surface area contributed by atoms with Crippen molar-refractivity contribution in [3.8, 4) is 0 Å². The lowest BCUT2D eigenvalue weighted by molar-refractivity contribution is -0.104. The fourth-order valence-corrected chi connectivity index (χ4v) is 1.41.